The first-order valence-electron chi connectivity index (χ1n) is 10.3. The summed E-state index contributed by atoms with van der Waals surface area (Å²) < 4.78 is 0. The van der Waals surface area contributed by atoms with Crippen LogP contribution in [0.15, 0.2) is 59.2 Å². The molecule has 0 N–H and O–H groups in total. The van der Waals surface area contributed by atoms with Gasteiger partial charge in [0.15, 0.2) is 0 Å². The lowest BCUT2D eigenvalue weighted by atomic mass is 9.92. The van der Waals surface area contributed by atoms with Crippen LogP contribution in [-0.4, -0.2) is 47.9 Å². The molecule has 26 heavy (non-hydrogen) atoms. The quantitative estimate of drug-likeness (QED) is 0.800. The normalized spacial score (nSPS) is 29.2. The molecule has 2 heterocycles. The molecule has 4 rings (SSSR count). The first-order valence-corrected chi connectivity index (χ1v) is 10.3. The molecule has 1 aliphatic carbocycles. The summed E-state index contributed by atoms with van der Waals surface area (Å²) in [4.78, 5) is 10.2. The van der Waals surface area contributed by atoms with Gasteiger partial charge < -0.3 is 4.90 Å². The van der Waals surface area contributed by atoms with Crippen LogP contribution >= 0.6 is 0 Å². The predicted octanol–water partition coefficient (Wildman–Crippen LogP) is 4.45. The number of benzene rings is 1. The van der Waals surface area contributed by atoms with Crippen molar-refractivity contribution >= 4 is 5.84 Å². The number of hydrogen-bond acceptors (Lipinski definition) is 3. The lowest BCUT2D eigenvalue weighted by Gasteiger charge is -2.33. The van der Waals surface area contributed by atoms with Gasteiger partial charge in [0.1, 0.15) is 5.84 Å². The fraction of sp³-hybridized carbons (Fsp3) is 0.522. The number of amidine groups is 1. The smallest absolute Gasteiger partial charge is 0.119 e. The molecule has 1 saturated heterocycles. The molecule has 3 aliphatic rings. The molecule has 0 bridgehead atoms. The Labute approximate surface area is 158 Å². The van der Waals surface area contributed by atoms with E-state index in [0.29, 0.717) is 17.9 Å². The van der Waals surface area contributed by atoms with Crippen molar-refractivity contribution in [1.29, 1.82) is 0 Å². The van der Waals surface area contributed by atoms with Crippen molar-refractivity contribution in [3.8, 4) is 0 Å². The lowest BCUT2D eigenvalue weighted by molar-refractivity contribution is 0.284. The fourth-order valence-corrected chi connectivity index (χ4v) is 4.80. The van der Waals surface area contributed by atoms with Crippen molar-refractivity contribution in [1.82, 2.24) is 9.80 Å². The lowest BCUT2D eigenvalue weighted by Crippen LogP contribution is -2.44. The fourth-order valence-electron chi connectivity index (χ4n) is 4.80. The van der Waals surface area contributed by atoms with E-state index in [-0.39, 0.29) is 0 Å². The number of likely N-dealkylation sites (tertiary alicyclic amines) is 1. The van der Waals surface area contributed by atoms with Crippen molar-refractivity contribution < 1.29 is 0 Å². The average molecular weight is 350 g/mol. The van der Waals surface area contributed by atoms with Crippen LogP contribution in [0.5, 0.6) is 0 Å². The van der Waals surface area contributed by atoms with Crippen LogP contribution in [0.1, 0.15) is 44.6 Å². The van der Waals surface area contributed by atoms with Gasteiger partial charge in [-0.3, -0.25) is 4.90 Å². The maximum atomic E-state index is 5.03. The molecule has 1 fully saturated rings. The van der Waals surface area contributed by atoms with Crippen LogP contribution in [0.3, 0.4) is 0 Å². The topological polar surface area (TPSA) is 18.8 Å². The zero-order valence-corrected chi connectivity index (χ0v) is 16.1. The van der Waals surface area contributed by atoms with Crippen molar-refractivity contribution in [3.05, 3.63) is 59.8 Å². The molecule has 0 amide bonds. The van der Waals surface area contributed by atoms with Crippen molar-refractivity contribution in [2.24, 2.45) is 10.9 Å². The van der Waals surface area contributed by atoms with E-state index in [1.165, 1.54) is 49.4 Å². The van der Waals surface area contributed by atoms with Gasteiger partial charge in [-0.15, -0.1) is 0 Å². The SMILES string of the molecule is CCN1C(CN2CCCC(c3ccccc3)CC2)=NC2=CC=CC(C)C21. The summed E-state index contributed by atoms with van der Waals surface area (Å²) in [6.07, 6.45) is 10.5. The highest BCUT2D eigenvalue weighted by Gasteiger charge is 2.35. The minimum atomic E-state index is 0.448. The number of aliphatic imine (C=N–C) groups is 1. The highest BCUT2D eigenvalue weighted by Crippen LogP contribution is 2.32. The van der Waals surface area contributed by atoms with E-state index in [1.54, 1.807) is 0 Å². The Morgan fingerprint density at radius 3 is 2.77 bits per heavy atom. The number of allylic oxidation sites excluding steroid dienone is 2. The van der Waals surface area contributed by atoms with Gasteiger partial charge in [-0.2, -0.15) is 0 Å². The number of hydrogen-bond donors (Lipinski definition) is 0. The van der Waals surface area contributed by atoms with Crippen LogP contribution in [0.4, 0.5) is 0 Å². The molecular formula is C23H31N3. The van der Waals surface area contributed by atoms with Crippen molar-refractivity contribution in [2.45, 2.75) is 45.1 Å². The zero-order valence-electron chi connectivity index (χ0n) is 16.1. The molecule has 0 saturated carbocycles. The summed E-state index contributed by atoms with van der Waals surface area (Å²) in [5, 5.41) is 0. The molecule has 1 aromatic rings. The minimum Gasteiger partial charge on any atom is -0.350 e. The Bertz CT molecular complexity index is 703. The summed E-state index contributed by atoms with van der Waals surface area (Å²) >= 11 is 0. The molecule has 3 unspecified atom stereocenters. The van der Waals surface area contributed by atoms with Gasteiger partial charge in [0.25, 0.3) is 0 Å². The van der Waals surface area contributed by atoms with Gasteiger partial charge in [-0.05, 0) is 56.8 Å². The second-order valence-corrected chi connectivity index (χ2v) is 7.91. The summed E-state index contributed by atoms with van der Waals surface area (Å²) in [6.45, 7) is 8.98. The second-order valence-electron chi connectivity index (χ2n) is 7.91. The first kappa shape index (κ1) is 17.5. The summed E-state index contributed by atoms with van der Waals surface area (Å²) in [7, 11) is 0. The van der Waals surface area contributed by atoms with E-state index in [4.69, 9.17) is 4.99 Å². The maximum Gasteiger partial charge on any atom is 0.119 e. The van der Waals surface area contributed by atoms with E-state index in [1.807, 2.05) is 0 Å². The van der Waals surface area contributed by atoms with Gasteiger partial charge in [-0.1, -0.05) is 49.4 Å². The summed E-state index contributed by atoms with van der Waals surface area (Å²) in [5.74, 6) is 2.53. The number of fused-ring (bicyclic) bond motifs is 1. The zero-order chi connectivity index (χ0) is 17.9. The molecule has 0 radical (unpaired) electrons. The minimum absolute atomic E-state index is 0.448. The van der Waals surface area contributed by atoms with E-state index >= 15 is 0 Å². The first-order chi connectivity index (χ1) is 12.8. The Morgan fingerprint density at radius 1 is 1.12 bits per heavy atom. The number of likely N-dealkylation sites (N-methyl/N-ethyl adjacent to an activating group) is 1. The molecule has 3 heteroatoms. The molecular weight excluding hydrogens is 318 g/mol. The molecule has 138 valence electrons. The van der Waals surface area contributed by atoms with E-state index in [2.05, 4.69) is 72.2 Å². The van der Waals surface area contributed by atoms with Gasteiger partial charge in [-0.25, -0.2) is 4.99 Å². The van der Waals surface area contributed by atoms with Crippen LogP contribution < -0.4 is 0 Å². The largest absolute Gasteiger partial charge is 0.350 e. The van der Waals surface area contributed by atoms with Crippen LogP contribution in [0.25, 0.3) is 0 Å². The van der Waals surface area contributed by atoms with Crippen LogP contribution in [0, 0.1) is 5.92 Å². The van der Waals surface area contributed by atoms with E-state index < -0.39 is 0 Å². The second kappa shape index (κ2) is 7.79. The van der Waals surface area contributed by atoms with Crippen molar-refractivity contribution in [2.75, 3.05) is 26.2 Å². The Hall–Kier alpha value is -1.87. The van der Waals surface area contributed by atoms with Crippen LogP contribution in [-0.2, 0) is 0 Å². The maximum absolute atomic E-state index is 5.03. The Balaban J connectivity index is 1.42. The molecule has 2 aliphatic heterocycles. The van der Waals surface area contributed by atoms with E-state index in [9.17, 15) is 0 Å². The summed E-state index contributed by atoms with van der Waals surface area (Å²) in [5.41, 5.74) is 2.77. The van der Waals surface area contributed by atoms with E-state index in [0.717, 1.165) is 13.1 Å². The predicted molar refractivity (Wildman–Crippen MR) is 109 cm³/mol. The molecule has 0 aromatic heterocycles. The standard InChI is InChI=1S/C23H31N3/c1-3-26-22(24-21-13-7-9-18(2)23(21)26)17-25-15-8-12-20(14-16-25)19-10-5-4-6-11-19/h4-7,9-11,13,18,20,23H,3,8,12,14-17H2,1-2H3. The average Bonchev–Trinajstić information content (AvgIpc) is 2.86. The third-order valence-corrected chi connectivity index (χ3v) is 6.21. The third kappa shape index (κ3) is 3.50. The van der Waals surface area contributed by atoms with Gasteiger partial charge in [0, 0.05) is 12.5 Å². The Kier molecular flexibility index (Phi) is 5.26. The monoisotopic (exact) mass is 349 g/mol. The van der Waals surface area contributed by atoms with Gasteiger partial charge in [0.2, 0.25) is 0 Å². The molecule has 3 nitrogen and oxygen atoms in total. The number of rotatable bonds is 4. The van der Waals surface area contributed by atoms with Gasteiger partial charge in [0.05, 0.1) is 18.3 Å². The summed E-state index contributed by atoms with van der Waals surface area (Å²) in [6, 6.07) is 11.5. The highest BCUT2D eigenvalue weighted by molar-refractivity contribution is 5.88. The number of nitrogens with zero attached hydrogens (tertiary/aromatic N) is 3. The van der Waals surface area contributed by atoms with Crippen molar-refractivity contribution in [3.63, 3.8) is 0 Å². The van der Waals surface area contributed by atoms with Gasteiger partial charge >= 0.3 is 0 Å². The highest BCUT2D eigenvalue weighted by atomic mass is 15.3. The Morgan fingerprint density at radius 2 is 1.96 bits per heavy atom. The van der Waals surface area contributed by atoms with Crippen LogP contribution in [0.2, 0.25) is 0 Å². The molecule has 1 aromatic carbocycles. The molecule has 3 atom stereocenters. The molecule has 0 spiro atoms. The third-order valence-electron chi connectivity index (χ3n) is 6.21.